The number of pyridine rings is 1. The predicted molar refractivity (Wildman–Crippen MR) is 148 cm³/mol. The summed E-state index contributed by atoms with van der Waals surface area (Å²) < 4.78 is 13.7. The molecule has 0 unspecified atom stereocenters. The lowest BCUT2D eigenvalue weighted by Crippen LogP contribution is -2.33. The summed E-state index contributed by atoms with van der Waals surface area (Å²) >= 11 is 0. The average Bonchev–Trinajstić information content (AvgIpc) is 3.39. The predicted octanol–water partition coefficient (Wildman–Crippen LogP) is 6.12. The zero-order valence-electron chi connectivity index (χ0n) is 21.9. The van der Waals surface area contributed by atoms with Gasteiger partial charge >= 0.3 is 0 Å². The average molecular weight is 509 g/mol. The van der Waals surface area contributed by atoms with Crippen LogP contribution in [0.3, 0.4) is 0 Å². The Labute approximate surface area is 223 Å². The molecule has 0 atom stereocenters. The Morgan fingerprint density at radius 1 is 1.05 bits per heavy atom. The first-order chi connectivity index (χ1) is 18.5. The van der Waals surface area contributed by atoms with Crippen molar-refractivity contribution in [2.45, 2.75) is 39.5 Å². The molecule has 1 aliphatic rings. The van der Waals surface area contributed by atoms with Crippen molar-refractivity contribution < 1.29 is 9.15 Å². The number of rotatable bonds is 8. The van der Waals surface area contributed by atoms with Crippen molar-refractivity contribution in [2.24, 2.45) is 0 Å². The molecule has 3 heterocycles. The minimum Gasteiger partial charge on any atom is -0.492 e. The highest BCUT2D eigenvalue weighted by molar-refractivity contribution is 5.71. The molecule has 38 heavy (non-hydrogen) atoms. The zero-order valence-corrected chi connectivity index (χ0v) is 21.9. The van der Waals surface area contributed by atoms with Gasteiger partial charge < -0.3 is 9.15 Å². The van der Waals surface area contributed by atoms with Gasteiger partial charge in [-0.2, -0.15) is 0 Å². The molecule has 7 heteroatoms. The van der Waals surface area contributed by atoms with Gasteiger partial charge in [-0.15, -0.1) is 0 Å². The van der Waals surface area contributed by atoms with E-state index in [1.54, 1.807) is 30.6 Å². The Hall–Kier alpha value is -4.15. The van der Waals surface area contributed by atoms with Crippen LogP contribution in [-0.4, -0.2) is 40.7 Å². The number of oxazole rings is 1. The molecule has 5 rings (SSSR count). The van der Waals surface area contributed by atoms with Crippen molar-refractivity contribution in [1.29, 1.82) is 0 Å². The Kier molecular flexibility index (Phi) is 7.71. The van der Waals surface area contributed by atoms with Gasteiger partial charge in [0.05, 0.1) is 18.5 Å². The first-order valence-electron chi connectivity index (χ1n) is 13.1. The topological polar surface area (TPSA) is 64.9 Å². The van der Waals surface area contributed by atoms with Gasteiger partial charge in [0.25, 0.3) is 5.56 Å². The molecule has 0 aliphatic carbocycles. The third-order valence-electron chi connectivity index (χ3n) is 7.06. The standard InChI is InChI=1S/C31H32N4O3/c1-22-11-14-35(31(36)17-22)28-19-24(8-10-27(28)32-3)29-21-33-30(38-29)20-25-18-26(9-7-23(25)2)37-16-15-34-12-5-4-6-13-34/h7-11,14,17-19,21H,4-6,12-13,15-16,20H2,1-2H3. The highest BCUT2D eigenvalue weighted by atomic mass is 16.5. The lowest BCUT2D eigenvalue weighted by atomic mass is 10.1. The molecule has 2 aromatic carbocycles. The van der Waals surface area contributed by atoms with E-state index in [1.807, 2.05) is 25.1 Å². The second kappa shape index (κ2) is 11.5. The second-order valence-corrected chi connectivity index (χ2v) is 9.86. The van der Waals surface area contributed by atoms with E-state index in [2.05, 4.69) is 33.8 Å². The van der Waals surface area contributed by atoms with E-state index < -0.39 is 0 Å². The Bertz CT molecular complexity index is 1520. The van der Waals surface area contributed by atoms with E-state index in [-0.39, 0.29) is 5.56 Å². The van der Waals surface area contributed by atoms with Gasteiger partial charge in [-0.1, -0.05) is 24.6 Å². The van der Waals surface area contributed by atoms with E-state index in [1.165, 1.54) is 36.9 Å². The molecule has 1 saturated heterocycles. The zero-order chi connectivity index (χ0) is 26.5. The number of nitrogens with zero attached hydrogens (tertiary/aromatic N) is 4. The fraction of sp³-hybridized carbons (Fsp3) is 0.323. The summed E-state index contributed by atoms with van der Waals surface area (Å²) in [7, 11) is 0. The molecule has 2 aromatic heterocycles. The van der Waals surface area contributed by atoms with Crippen LogP contribution in [-0.2, 0) is 6.42 Å². The van der Waals surface area contributed by atoms with Gasteiger partial charge in [0.1, 0.15) is 12.4 Å². The minimum atomic E-state index is -0.182. The molecule has 4 aromatic rings. The van der Waals surface area contributed by atoms with E-state index >= 15 is 0 Å². The monoisotopic (exact) mass is 508 g/mol. The number of likely N-dealkylation sites (tertiary alicyclic amines) is 1. The maximum Gasteiger partial charge on any atom is 0.254 e. The minimum absolute atomic E-state index is 0.182. The Morgan fingerprint density at radius 2 is 1.89 bits per heavy atom. The third-order valence-corrected chi connectivity index (χ3v) is 7.06. The lowest BCUT2D eigenvalue weighted by molar-refractivity contribution is 0.183. The third kappa shape index (κ3) is 5.87. The van der Waals surface area contributed by atoms with Gasteiger partial charge in [-0.3, -0.25) is 14.3 Å². The van der Waals surface area contributed by atoms with Crippen molar-refractivity contribution in [3.05, 3.63) is 105 Å². The second-order valence-electron chi connectivity index (χ2n) is 9.86. The fourth-order valence-corrected chi connectivity index (χ4v) is 4.83. The molecule has 1 fully saturated rings. The number of piperidine rings is 1. The van der Waals surface area contributed by atoms with Crippen molar-refractivity contribution in [1.82, 2.24) is 14.5 Å². The van der Waals surface area contributed by atoms with Gasteiger partial charge in [0, 0.05) is 30.8 Å². The van der Waals surface area contributed by atoms with Crippen LogP contribution in [0.25, 0.3) is 21.9 Å². The Balaban J connectivity index is 1.31. The molecule has 194 valence electrons. The largest absolute Gasteiger partial charge is 0.492 e. The van der Waals surface area contributed by atoms with Gasteiger partial charge in [0.15, 0.2) is 11.7 Å². The van der Waals surface area contributed by atoms with E-state index in [0.29, 0.717) is 36.1 Å². The van der Waals surface area contributed by atoms with Gasteiger partial charge in [-0.25, -0.2) is 9.83 Å². The van der Waals surface area contributed by atoms with Crippen molar-refractivity contribution in [2.75, 3.05) is 26.2 Å². The first kappa shape index (κ1) is 25.5. The molecule has 7 nitrogen and oxygen atoms in total. The van der Waals surface area contributed by atoms with Crippen LogP contribution < -0.4 is 10.3 Å². The molecule has 0 N–H and O–H groups in total. The van der Waals surface area contributed by atoms with Crippen molar-refractivity contribution >= 4 is 5.69 Å². The Morgan fingerprint density at radius 3 is 2.68 bits per heavy atom. The smallest absolute Gasteiger partial charge is 0.254 e. The summed E-state index contributed by atoms with van der Waals surface area (Å²) in [6.07, 6.45) is 7.82. The lowest BCUT2D eigenvalue weighted by Gasteiger charge is -2.26. The number of aromatic nitrogens is 2. The molecular weight excluding hydrogens is 476 g/mol. The maximum absolute atomic E-state index is 12.6. The van der Waals surface area contributed by atoms with Crippen LogP contribution in [0.2, 0.25) is 0 Å². The normalized spacial score (nSPS) is 13.8. The van der Waals surface area contributed by atoms with Crippen LogP contribution in [0.15, 0.2) is 70.1 Å². The van der Waals surface area contributed by atoms with E-state index in [9.17, 15) is 4.79 Å². The first-order valence-corrected chi connectivity index (χ1v) is 13.1. The summed E-state index contributed by atoms with van der Waals surface area (Å²) in [5, 5.41) is 0. The van der Waals surface area contributed by atoms with Gasteiger partial charge in [-0.05, 0) is 80.7 Å². The van der Waals surface area contributed by atoms with Crippen molar-refractivity contribution in [3.63, 3.8) is 0 Å². The van der Waals surface area contributed by atoms with Crippen LogP contribution in [0, 0.1) is 20.4 Å². The summed E-state index contributed by atoms with van der Waals surface area (Å²) in [5.74, 6) is 2.04. The highest BCUT2D eigenvalue weighted by Gasteiger charge is 2.14. The van der Waals surface area contributed by atoms with Crippen LogP contribution in [0.1, 0.15) is 41.8 Å². The molecule has 1 aliphatic heterocycles. The molecule has 0 bridgehead atoms. The summed E-state index contributed by atoms with van der Waals surface area (Å²) in [5.41, 5.74) is 4.61. The number of hydrogen-bond donors (Lipinski definition) is 0. The number of hydrogen-bond acceptors (Lipinski definition) is 5. The number of benzene rings is 2. The van der Waals surface area contributed by atoms with E-state index in [4.69, 9.17) is 15.7 Å². The fourth-order valence-electron chi connectivity index (χ4n) is 4.83. The SMILES string of the molecule is [C-]#[N+]c1ccc(-c2cnc(Cc3cc(OCCN4CCCCC4)ccc3C)o2)cc1-n1ccc(C)cc1=O. The molecule has 0 amide bonds. The number of ether oxygens (including phenoxy) is 1. The highest BCUT2D eigenvalue weighted by Crippen LogP contribution is 2.30. The summed E-state index contributed by atoms with van der Waals surface area (Å²) in [4.78, 5) is 23.2. The van der Waals surface area contributed by atoms with E-state index in [0.717, 1.165) is 34.5 Å². The van der Waals surface area contributed by atoms with Crippen LogP contribution in [0.5, 0.6) is 5.75 Å². The van der Waals surface area contributed by atoms with Crippen molar-refractivity contribution in [3.8, 4) is 22.8 Å². The molecular formula is C31H32N4O3. The number of aryl methyl sites for hydroxylation is 2. The molecule has 0 saturated carbocycles. The quantitative estimate of drug-likeness (QED) is 0.269. The summed E-state index contributed by atoms with van der Waals surface area (Å²) in [6, 6.07) is 14.9. The molecule has 0 radical (unpaired) electrons. The van der Waals surface area contributed by atoms with Crippen LogP contribution >= 0.6 is 0 Å². The van der Waals surface area contributed by atoms with Crippen LogP contribution in [0.4, 0.5) is 5.69 Å². The van der Waals surface area contributed by atoms with Gasteiger partial charge in [0.2, 0.25) is 5.69 Å². The molecule has 0 spiro atoms. The summed E-state index contributed by atoms with van der Waals surface area (Å²) in [6.45, 7) is 15.5. The maximum atomic E-state index is 12.6.